The summed E-state index contributed by atoms with van der Waals surface area (Å²) in [6.07, 6.45) is 8.03. The van der Waals surface area contributed by atoms with Gasteiger partial charge in [-0.05, 0) is 62.8 Å². The number of rotatable bonds is 16. The molecule has 3 rings (SSSR count). The minimum Gasteiger partial charge on any atom is -0.497 e. The Morgan fingerprint density at radius 2 is 1.89 bits per heavy atom. The number of hydrogen-bond acceptors (Lipinski definition) is 7. The van der Waals surface area contributed by atoms with Crippen molar-refractivity contribution in [2.75, 3.05) is 32.2 Å². The van der Waals surface area contributed by atoms with E-state index in [1.54, 1.807) is 13.4 Å². The third kappa shape index (κ3) is 8.83. The lowest BCUT2D eigenvalue weighted by Gasteiger charge is -2.21. The van der Waals surface area contributed by atoms with Gasteiger partial charge in [-0.1, -0.05) is 27.2 Å². The van der Waals surface area contributed by atoms with Crippen LogP contribution in [0.3, 0.4) is 0 Å². The van der Waals surface area contributed by atoms with Gasteiger partial charge in [0.15, 0.2) is 0 Å². The second kappa shape index (κ2) is 15.1. The summed E-state index contributed by atoms with van der Waals surface area (Å²) in [7, 11) is 1.65. The predicted molar refractivity (Wildman–Crippen MR) is 151 cm³/mol. The van der Waals surface area contributed by atoms with Crippen LogP contribution in [0.5, 0.6) is 5.75 Å². The number of ether oxygens (including phenoxy) is 2. The Bertz CT molecular complexity index is 1130. The summed E-state index contributed by atoms with van der Waals surface area (Å²) in [5.41, 5.74) is 2.72. The van der Waals surface area contributed by atoms with E-state index in [-0.39, 0.29) is 5.91 Å². The van der Waals surface area contributed by atoms with Gasteiger partial charge in [-0.2, -0.15) is 4.98 Å². The van der Waals surface area contributed by atoms with E-state index in [1.807, 2.05) is 48.0 Å². The summed E-state index contributed by atoms with van der Waals surface area (Å²) in [5, 5.41) is 6.44. The maximum atomic E-state index is 13.1. The SMILES string of the molecule is CCCCc1cc(N[C@@H](CC(C)C)C(=O)NCCCOCC)nc(-n2cnc(-c3ccc(OC)cc3)c2)n1. The van der Waals surface area contributed by atoms with Crippen LogP contribution >= 0.6 is 0 Å². The lowest BCUT2D eigenvalue weighted by atomic mass is 10.0. The number of imidazole rings is 1. The number of aryl methyl sites for hydroxylation is 1. The number of anilines is 1. The molecule has 1 amide bonds. The van der Waals surface area contributed by atoms with Crippen molar-refractivity contribution in [2.24, 2.45) is 5.92 Å². The number of hydrogen-bond donors (Lipinski definition) is 2. The summed E-state index contributed by atoms with van der Waals surface area (Å²) >= 11 is 0. The van der Waals surface area contributed by atoms with Crippen LogP contribution in [-0.2, 0) is 16.0 Å². The highest BCUT2D eigenvalue weighted by Crippen LogP contribution is 2.22. The molecule has 0 bridgehead atoms. The fraction of sp³-hybridized carbons (Fsp3) is 0.517. The first-order valence-electron chi connectivity index (χ1n) is 13.6. The van der Waals surface area contributed by atoms with Crippen LogP contribution in [0.4, 0.5) is 5.82 Å². The first-order chi connectivity index (χ1) is 18.4. The normalized spacial score (nSPS) is 11.9. The van der Waals surface area contributed by atoms with Crippen LogP contribution in [-0.4, -0.2) is 58.3 Å². The van der Waals surface area contributed by atoms with Crippen LogP contribution in [0.2, 0.25) is 0 Å². The highest BCUT2D eigenvalue weighted by molar-refractivity contribution is 5.84. The minimum absolute atomic E-state index is 0.0325. The van der Waals surface area contributed by atoms with Gasteiger partial charge in [-0.3, -0.25) is 9.36 Å². The number of nitrogens with zero attached hydrogens (tertiary/aromatic N) is 4. The number of unbranched alkanes of at least 4 members (excludes halogenated alkanes) is 1. The van der Waals surface area contributed by atoms with Gasteiger partial charge in [0.2, 0.25) is 11.9 Å². The molecule has 0 aliphatic carbocycles. The summed E-state index contributed by atoms with van der Waals surface area (Å²) in [4.78, 5) is 27.2. The van der Waals surface area contributed by atoms with Crippen molar-refractivity contribution >= 4 is 11.7 Å². The van der Waals surface area contributed by atoms with E-state index in [4.69, 9.17) is 19.4 Å². The van der Waals surface area contributed by atoms with Crippen LogP contribution < -0.4 is 15.4 Å². The van der Waals surface area contributed by atoms with Gasteiger partial charge in [0.25, 0.3) is 0 Å². The standard InChI is InChI=1S/C29H42N6O3/c1-6-8-10-23-18-27(33-25(17-21(3)4)28(36)30-15-9-16-38-7-2)34-29(32-23)35-19-26(31-20-35)22-11-13-24(37-5)14-12-22/h11-14,18-21,25H,6-10,15-17H2,1-5H3,(H,30,36)(H,32,33,34)/t25-/m0/s1. The second-order valence-corrected chi connectivity index (χ2v) is 9.71. The lowest BCUT2D eigenvalue weighted by molar-refractivity contribution is -0.122. The molecular formula is C29H42N6O3. The van der Waals surface area contributed by atoms with E-state index in [0.717, 1.165) is 48.4 Å². The van der Waals surface area contributed by atoms with E-state index >= 15 is 0 Å². The van der Waals surface area contributed by atoms with E-state index in [1.165, 1.54) is 0 Å². The molecule has 1 atom stereocenters. The van der Waals surface area contributed by atoms with Gasteiger partial charge in [0.05, 0.1) is 12.8 Å². The Morgan fingerprint density at radius 3 is 2.58 bits per heavy atom. The molecule has 38 heavy (non-hydrogen) atoms. The fourth-order valence-corrected chi connectivity index (χ4v) is 4.04. The van der Waals surface area contributed by atoms with Crippen molar-refractivity contribution in [3.8, 4) is 23.0 Å². The molecule has 9 heteroatoms. The van der Waals surface area contributed by atoms with Crippen molar-refractivity contribution in [1.29, 1.82) is 0 Å². The van der Waals surface area contributed by atoms with Gasteiger partial charge in [-0.25, -0.2) is 9.97 Å². The number of nitrogens with one attached hydrogen (secondary N) is 2. The number of amides is 1. The third-order valence-corrected chi connectivity index (χ3v) is 6.07. The van der Waals surface area contributed by atoms with Crippen molar-refractivity contribution in [2.45, 2.75) is 65.8 Å². The molecule has 0 saturated heterocycles. The highest BCUT2D eigenvalue weighted by Gasteiger charge is 2.21. The van der Waals surface area contributed by atoms with E-state index in [9.17, 15) is 4.79 Å². The van der Waals surface area contributed by atoms with Crippen LogP contribution in [0.25, 0.3) is 17.2 Å². The molecule has 3 aromatic rings. The zero-order valence-electron chi connectivity index (χ0n) is 23.4. The van der Waals surface area contributed by atoms with E-state index < -0.39 is 6.04 Å². The molecule has 2 heterocycles. The number of benzene rings is 1. The Balaban J connectivity index is 1.82. The van der Waals surface area contributed by atoms with E-state index in [0.29, 0.717) is 43.9 Å². The molecule has 0 unspecified atom stereocenters. The highest BCUT2D eigenvalue weighted by atomic mass is 16.5. The molecule has 0 saturated carbocycles. The summed E-state index contributed by atoms with van der Waals surface area (Å²) in [6.45, 7) is 10.2. The van der Waals surface area contributed by atoms with Crippen LogP contribution in [0.1, 0.15) is 59.1 Å². The molecular weight excluding hydrogens is 480 g/mol. The molecule has 0 aliphatic rings. The number of carbonyl (C=O) groups excluding carboxylic acids is 1. The third-order valence-electron chi connectivity index (χ3n) is 6.07. The monoisotopic (exact) mass is 522 g/mol. The molecule has 2 N–H and O–H groups in total. The van der Waals surface area contributed by atoms with Crippen LogP contribution in [0, 0.1) is 5.92 Å². The predicted octanol–water partition coefficient (Wildman–Crippen LogP) is 5.05. The maximum absolute atomic E-state index is 13.1. The zero-order chi connectivity index (χ0) is 27.3. The van der Waals surface area contributed by atoms with Crippen molar-refractivity contribution in [1.82, 2.24) is 24.8 Å². The largest absolute Gasteiger partial charge is 0.497 e. The van der Waals surface area contributed by atoms with Crippen LogP contribution in [0.15, 0.2) is 42.9 Å². The smallest absolute Gasteiger partial charge is 0.242 e. The number of methoxy groups -OCH3 is 1. The first-order valence-corrected chi connectivity index (χ1v) is 13.6. The lowest BCUT2D eigenvalue weighted by Crippen LogP contribution is -2.41. The Kier molecular flexibility index (Phi) is 11.5. The molecule has 0 fully saturated rings. The van der Waals surface area contributed by atoms with Gasteiger partial charge in [0, 0.05) is 43.3 Å². The molecule has 0 radical (unpaired) electrons. The van der Waals surface area contributed by atoms with Gasteiger partial charge in [-0.15, -0.1) is 0 Å². The molecule has 2 aromatic heterocycles. The van der Waals surface area contributed by atoms with E-state index in [2.05, 4.69) is 36.4 Å². The zero-order valence-corrected chi connectivity index (χ0v) is 23.4. The van der Waals surface area contributed by atoms with Gasteiger partial charge in [0.1, 0.15) is 23.9 Å². The first kappa shape index (κ1) is 29.1. The average Bonchev–Trinajstić information content (AvgIpc) is 3.41. The molecule has 206 valence electrons. The molecule has 9 nitrogen and oxygen atoms in total. The molecule has 0 aliphatic heterocycles. The Hall–Kier alpha value is -3.46. The summed E-state index contributed by atoms with van der Waals surface area (Å²) in [5.74, 6) is 2.26. The molecule has 1 aromatic carbocycles. The van der Waals surface area contributed by atoms with Crippen molar-refractivity contribution < 1.29 is 14.3 Å². The van der Waals surface area contributed by atoms with Crippen molar-refractivity contribution in [3.05, 3.63) is 48.5 Å². The fourth-order valence-electron chi connectivity index (χ4n) is 4.04. The summed E-state index contributed by atoms with van der Waals surface area (Å²) < 4.78 is 12.5. The quantitative estimate of drug-likeness (QED) is 0.254. The topological polar surface area (TPSA) is 103 Å². The minimum atomic E-state index is -0.401. The maximum Gasteiger partial charge on any atom is 0.242 e. The van der Waals surface area contributed by atoms with Gasteiger partial charge >= 0.3 is 0 Å². The van der Waals surface area contributed by atoms with Crippen molar-refractivity contribution in [3.63, 3.8) is 0 Å². The Morgan fingerprint density at radius 1 is 1.11 bits per heavy atom. The average molecular weight is 523 g/mol. The Labute approximate surface area is 226 Å². The summed E-state index contributed by atoms with van der Waals surface area (Å²) in [6, 6.07) is 9.32. The second-order valence-electron chi connectivity index (χ2n) is 9.71. The number of carbonyl (C=O) groups is 1. The number of aromatic nitrogens is 4. The van der Waals surface area contributed by atoms with Gasteiger partial charge < -0.3 is 20.1 Å². The molecule has 0 spiro atoms.